The van der Waals surface area contributed by atoms with E-state index >= 15 is 0 Å². The number of benzene rings is 1. The topological polar surface area (TPSA) is 20.3 Å². The van der Waals surface area contributed by atoms with E-state index in [0.29, 0.717) is 18.0 Å². The molecule has 1 aliphatic rings. The summed E-state index contributed by atoms with van der Waals surface area (Å²) in [5.41, 5.74) is 0.504. The van der Waals surface area contributed by atoms with Crippen molar-refractivity contribution in [1.82, 2.24) is 4.90 Å². The van der Waals surface area contributed by atoms with E-state index in [1.54, 1.807) is 0 Å². The Balaban J connectivity index is 2.01. The third kappa shape index (κ3) is 3.69. The molecule has 0 aliphatic heterocycles. The highest BCUT2D eigenvalue weighted by atomic mass is 35.5. The standard InChI is InChI=1S/C15H18ClF2NO/c16-7-2-8-19(12-3-1-4-12)15(20)10-11-5-6-13(17)14(18)9-11/h5-6,9,12H,1-4,7-8,10H2. The third-order valence-electron chi connectivity index (χ3n) is 3.71. The minimum atomic E-state index is -0.911. The van der Waals surface area contributed by atoms with E-state index in [1.807, 2.05) is 4.90 Å². The van der Waals surface area contributed by atoms with Gasteiger partial charge in [-0.25, -0.2) is 8.78 Å². The van der Waals surface area contributed by atoms with Gasteiger partial charge in [0.1, 0.15) is 0 Å². The van der Waals surface area contributed by atoms with Gasteiger partial charge in [-0.3, -0.25) is 4.79 Å². The Labute approximate surface area is 122 Å². The molecule has 0 unspecified atom stereocenters. The molecular weight excluding hydrogens is 284 g/mol. The molecule has 1 amide bonds. The molecule has 1 saturated carbocycles. The highest BCUT2D eigenvalue weighted by Crippen LogP contribution is 2.25. The minimum absolute atomic E-state index is 0.0363. The molecule has 0 atom stereocenters. The molecule has 1 fully saturated rings. The Morgan fingerprint density at radius 2 is 2.05 bits per heavy atom. The highest BCUT2D eigenvalue weighted by molar-refractivity contribution is 6.17. The fourth-order valence-corrected chi connectivity index (χ4v) is 2.48. The molecule has 0 aromatic heterocycles. The van der Waals surface area contributed by atoms with Crippen molar-refractivity contribution in [1.29, 1.82) is 0 Å². The summed E-state index contributed by atoms with van der Waals surface area (Å²) >= 11 is 5.69. The zero-order chi connectivity index (χ0) is 14.5. The predicted molar refractivity (Wildman–Crippen MR) is 74.8 cm³/mol. The van der Waals surface area contributed by atoms with Crippen molar-refractivity contribution in [3.05, 3.63) is 35.4 Å². The molecule has 110 valence electrons. The summed E-state index contributed by atoms with van der Waals surface area (Å²) in [4.78, 5) is 14.2. The van der Waals surface area contributed by atoms with Gasteiger partial charge < -0.3 is 4.90 Å². The second-order valence-corrected chi connectivity index (χ2v) is 5.52. The lowest BCUT2D eigenvalue weighted by atomic mass is 9.91. The summed E-state index contributed by atoms with van der Waals surface area (Å²) in [5, 5.41) is 0. The summed E-state index contributed by atoms with van der Waals surface area (Å²) in [6.07, 6.45) is 4.04. The van der Waals surface area contributed by atoms with Crippen molar-refractivity contribution in [2.75, 3.05) is 12.4 Å². The normalized spacial score (nSPS) is 14.9. The van der Waals surface area contributed by atoms with Crippen molar-refractivity contribution in [2.45, 2.75) is 38.1 Å². The lowest BCUT2D eigenvalue weighted by molar-refractivity contribution is -0.134. The van der Waals surface area contributed by atoms with E-state index in [2.05, 4.69) is 0 Å². The van der Waals surface area contributed by atoms with Gasteiger partial charge in [-0.15, -0.1) is 11.6 Å². The molecule has 0 N–H and O–H groups in total. The molecule has 1 aliphatic carbocycles. The van der Waals surface area contributed by atoms with Gasteiger partial charge in [0.2, 0.25) is 5.91 Å². The maximum atomic E-state index is 13.2. The van der Waals surface area contributed by atoms with E-state index in [9.17, 15) is 13.6 Å². The van der Waals surface area contributed by atoms with Crippen LogP contribution in [-0.2, 0) is 11.2 Å². The SMILES string of the molecule is O=C(Cc1ccc(F)c(F)c1)N(CCCCl)C1CCC1. The molecular formula is C15H18ClF2NO. The smallest absolute Gasteiger partial charge is 0.227 e. The van der Waals surface area contributed by atoms with Crippen LogP contribution in [0.15, 0.2) is 18.2 Å². The number of rotatable bonds is 6. The van der Waals surface area contributed by atoms with Crippen LogP contribution in [0, 0.1) is 11.6 Å². The second-order valence-electron chi connectivity index (χ2n) is 5.14. The first-order valence-corrected chi connectivity index (χ1v) is 7.44. The monoisotopic (exact) mass is 301 g/mol. The van der Waals surface area contributed by atoms with Crippen LogP contribution in [0.4, 0.5) is 8.78 Å². The van der Waals surface area contributed by atoms with Crippen molar-refractivity contribution in [3.63, 3.8) is 0 Å². The van der Waals surface area contributed by atoms with Gasteiger partial charge in [0.05, 0.1) is 6.42 Å². The van der Waals surface area contributed by atoms with Gasteiger partial charge in [0.15, 0.2) is 11.6 Å². The largest absolute Gasteiger partial charge is 0.339 e. The van der Waals surface area contributed by atoms with Gasteiger partial charge in [0.25, 0.3) is 0 Å². The van der Waals surface area contributed by atoms with Gasteiger partial charge in [0, 0.05) is 18.5 Å². The number of alkyl halides is 1. The Morgan fingerprint density at radius 3 is 2.60 bits per heavy atom. The Morgan fingerprint density at radius 1 is 1.30 bits per heavy atom. The summed E-state index contributed by atoms with van der Waals surface area (Å²) in [7, 11) is 0. The van der Waals surface area contributed by atoms with E-state index < -0.39 is 11.6 Å². The average molecular weight is 302 g/mol. The number of hydrogen-bond donors (Lipinski definition) is 0. The van der Waals surface area contributed by atoms with Gasteiger partial charge in [-0.2, -0.15) is 0 Å². The number of carbonyl (C=O) groups is 1. The molecule has 2 nitrogen and oxygen atoms in total. The summed E-state index contributed by atoms with van der Waals surface area (Å²) in [5.74, 6) is -1.32. The first kappa shape index (κ1) is 15.2. The van der Waals surface area contributed by atoms with E-state index in [4.69, 9.17) is 11.6 Å². The van der Waals surface area contributed by atoms with Crippen LogP contribution in [-0.4, -0.2) is 29.3 Å². The number of carbonyl (C=O) groups excluding carboxylic acids is 1. The zero-order valence-electron chi connectivity index (χ0n) is 11.2. The van der Waals surface area contributed by atoms with Crippen molar-refractivity contribution in [2.24, 2.45) is 0 Å². The Hall–Kier alpha value is -1.16. The van der Waals surface area contributed by atoms with Crippen LogP contribution in [0.25, 0.3) is 0 Å². The average Bonchev–Trinajstić information content (AvgIpc) is 2.36. The number of amides is 1. The van der Waals surface area contributed by atoms with Gasteiger partial charge in [-0.05, 0) is 43.4 Å². The number of nitrogens with zero attached hydrogens (tertiary/aromatic N) is 1. The van der Waals surface area contributed by atoms with Crippen molar-refractivity contribution < 1.29 is 13.6 Å². The lowest BCUT2D eigenvalue weighted by Gasteiger charge is -2.37. The summed E-state index contributed by atoms with van der Waals surface area (Å²) in [6.45, 7) is 0.636. The molecule has 5 heteroatoms. The molecule has 0 saturated heterocycles. The van der Waals surface area contributed by atoms with Crippen molar-refractivity contribution >= 4 is 17.5 Å². The zero-order valence-corrected chi connectivity index (χ0v) is 12.0. The molecule has 0 bridgehead atoms. The summed E-state index contributed by atoms with van der Waals surface area (Å²) in [6, 6.07) is 3.89. The van der Waals surface area contributed by atoms with Crippen molar-refractivity contribution in [3.8, 4) is 0 Å². The van der Waals surface area contributed by atoms with Crippen LogP contribution in [0.5, 0.6) is 0 Å². The number of hydrogen-bond acceptors (Lipinski definition) is 1. The minimum Gasteiger partial charge on any atom is -0.339 e. The molecule has 0 spiro atoms. The van der Waals surface area contributed by atoms with Crippen LogP contribution in [0.1, 0.15) is 31.2 Å². The molecule has 0 radical (unpaired) electrons. The highest BCUT2D eigenvalue weighted by Gasteiger charge is 2.28. The Kier molecular flexibility index (Phi) is 5.35. The third-order valence-corrected chi connectivity index (χ3v) is 3.98. The van der Waals surface area contributed by atoms with Crippen LogP contribution < -0.4 is 0 Å². The van der Waals surface area contributed by atoms with E-state index in [-0.39, 0.29) is 18.4 Å². The van der Waals surface area contributed by atoms with Gasteiger partial charge in [-0.1, -0.05) is 6.07 Å². The first-order chi connectivity index (χ1) is 9.61. The maximum Gasteiger partial charge on any atom is 0.227 e. The molecule has 0 heterocycles. The summed E-state index contributed by atoms with van der Waals surface area (Å²) < 4.78 is 26.0. The van der Waals surface area contributed by atoms with Gasteiger partial charge >= 0.3 is 0 Å². The Bertz CT molecular complexity index is 477. The quantitative estimate of drug-likeness (QED) is 0.736. The molecule has 1 aromatic carbocycles. The maximum absolute atomic E-state index is 13.2. The fourth-order valence-electron chi connectivity index (χ4n) is 2.37. The molecule has 20 heavy (non-hydrogen) atoms. The second kappa shape index (κ2) is 7.02. The molecule has 2 rings (SSSR count). The fraction of sp³-hybridized carbons (Fsp3) is 0.533. The predicted octanol–water partition coefficient (Wildman–Crippen LogP) is 3.52. The lowest BCUT2D eigenvalue weighted by Crippen LogP contribution is -2.45. The van der Waals surface area contributed by atoms with E-state index in [0.717, 1.165) is 37.8 Å². The van der Waals surface area contributed by atoms with Crippen LogP contribution in [0.2, 0.25) is 0 Å². The number of halogens is 3. The van der Waals surface area contributed by atoms with E-state index in [1.165, 1.54) is 6.07 Å². The molecule has 1 aromatic rings. The first-order valence-electron chi connectivity index (χ1n) is 6.91. The van der Waals surface area contributed by atoms with Crippen LogP contribution in [0.3, 0.4) is 0 Å². The van der Waals surface area contributed by atoms with Crippen LogP contribution >= 0.6 is 11.6 Å².